The number of pyridine rings is 1. The molecular formula is C18H24ClIN4O. The molecule has 1 aromatic heterocycles. The lowest BCUT2D eigenvalue weighted by molar-refractivity contribution is 0.411. The molecule has 2 rings (SSSR count). The van der Waals surface area contributed by atoms with Crippen LogP contribution in [0.4, 0.5) is 0 Å². The van der Waals surface area contributed by atoms with E-state index in [0.29, 0.717) is 11.7 Å². The molecule has 0 spiro atoms. The second-order valence-corrected chi connectivity index (χ2v) is 5.78. The Kier molecular flexibility index (Phi) is 9.59. The molecule has 0 fully saturated rings. The third kappa shape index (κ3) is 7.07. The van der Waals surface area contributed by atoms with Crippen molar-refractivity contribution in [2.24, 2.45) is 4.99 Å². The molecular weight excluding hydrogens is 451 g/mol. The third-order valence-corrected chi connectivity index (χ3v) is 3.87. The number of hydrogen-bond acceptors (Lipinski definition) is 3. The smallest absolute Gasteiger partial charge is 0.191 e. The fourth-order valence-corrected chi connectivity index (χ4v) is 2.37. The largest absolute Gasteiger partial charge is 0.496 e. The summed E-state index contributed by atoms with van der Waals surface area (Å²) in [6.45, 7) is 3.47. The van der Waals surface area contributed by atoms with E-state index in [2.05, 4.69) is 32.7 Å². The van der Waals surface area contributed by atoms with Crippen molar-refractivity contribution >= 4 is 41.5 Å². The predicted molar refractivity (Wildman–Crippen MR) is 114 cm³/mol. The van der Waals surface area contributed by atoms with Crippen LogP contribution in [0.5, 0.6) is 5.75 Å². The van der Waals surface area contributed by atoms with Crippen molar-refractivity contribution in [1.29, 1.82) is 0 Å². The molecule has 1 aromatic carbocycles. The minimum Gasteiger partial charge on any atom is -0.496 e. The summed E-state index contributed by atoms with van der Waals surface area (Å²) < 4.78 is 5.35. The Labute approximate surface area is 171 Å². The number of guanidine groups is 1. The molecule has 5 nitrogen and oxygen atoms in total. The minimum atomic E-state index is 0. The minimum absolute atomic E-state index is 0. The van der Waals surface area contributed by atoms with Crippen molar-refractivity contribution in [1.82, 2.24) is 15.6 Å². The molecule has 0 aliphatic heterocycles. The first-order valence-corrected chi connectivity index (χ1v) is 8.18. The summed E-state index contributed by atoms with van der Waals surface area (Å²) in [6.07, 6.45) is 2.64. The molecule has 0 bridgehead atoms. The number of nitrogens with one attached hydrogen (secondary N) is 2. The monoisotopic (exact) mass is 474 g/mol. The zero-order valence-corrected chi connectivity index (χ0v) is 17.8. The number of ether oxygens (including phenoxy) is 1. The van der Waals surface area contributed by atoms with Crippen molar-refractivity contribution in [3.05, 3.63) is 58.4 Å². The van der Waals surface area contributed by atoms with E-state index >= 15 is 0 Å². The van der Waals surface area contributed by atoms with E-state index < -0.39 is 0 Å². The first kappa shape index (κ1) is 21.5. The molecule has 136 valence electrons. The Hall–Kier alpha value is -1.54. The summed E-state index contributed by atoms with van der Waals surface area (Å²) in [5, 5.41) is 7.10. The van der Waals surface area contributed by atoms with Gasteiger partial charge in [-0.25, -0.2) is 4.98 Å². The standard InChI is InChI=1S/C18H23ClN4O.HI/c1-13-4-5-15(10-16(13)24-3)12-23-18(20-2)21-9-8-14-6-7-17(19)22-11-14;/h4-7,10-11H,8-9,12H2,1-3H3,(H2,20,21,23);1H. The van der Waals surface area contributed by atoms with Gasteiger partial charge >= 0.3 is 0 Å². The van der Waals surface area contributed by atoms with E-state index in [1.165, 1.54) is 0 Å². The van der Waals surface area contributed by atoms with Crippen LogP contribution >= 0.6 is 35.6 Å². The molecule has 0 saturated carbocycles. The molecule has 0 aliphatic carbocycles. The highest BCUT2D eigenvalue weighted by Crippen LogP contribution is 2.18. The van der Waals surface area contributed by atoms with Gasteiger partial charge in [-0.1, -0.05) is 29.8 Å². The summed E-state index contributed by atoms with van der Waals surface area (Å²) >= 11 is 5.78. The third-order valence-electron chi connectivity index (χ3n) is 3.65. The average Bonchev–Trinajstić information content (AvgIpc) is 2.60. The average molecular weight is 475 g/mol. The van der Waals surface area contributed by atoms with Crippen molar-refractivity contribution in [3.63, 3.8) is 0 Å². The molecule has 2 N–H and O–H groups in total. The molecule has 0 unspecified atom stereocenters. The number of aliphatic imine (C=N–C) groups is 1. The first-order chi connectivity index (χ1) is 11.6. The summed E-state index contributed by atoms with van der Waals surface area (Å²) in [7, 11) is 3.44. The van der Waals surface area contributed by atoms with Crippen molar-refractivity contribution < 1.29 is 4.74 Å². The second-order valence-electron chi connectivity index (χ2n) is 5.40. The van der Waals surface area contributed by atoms with E-state index in [-0.39, 0.29) is 24.0 Å². The number of benzene rings is 1. The highest BCUT2D eigenvalue weighted by molar-refractivity contribution is 14.0. The van der Waals surface area contributed by atoms with E-state index in [9.17, 15) is 0 Å². The Morgan fingerprint density at radius 2 is 1.96 bits per heavy atom. The lowest BCUT2D eigenvalue weighted by Gasteiger charge is -2.13. The van der Waals surface area contributed by atoms with E-state index in [4.69, 9.17) is 16.3 Å². The lowest BCUT2D eigenvalue weighted by Crippen LogP contribution is -2.37. The molecule has 25 heavy (non-hydrogen) atoms. The SMILES string of the molecule is CN=C(NCCc1ccc(Cl)nc1)NCc1ccc(C)c(OC)c1.I. The van der Waals surface area contributed by atoms with Crippen LogP contribution in [0.1, 0.15) is 16.7 Å². The molecule has 0 radical (unpaired) electrons. The topological polar surface area (TPSA) is 58.5 Å². The number of methoxy groups -OCH3 is 1. The van der Waals surface area contributed by atoms with Crippen LogP contribution in [-0.2, 0) is 13.0 Å². The highest BCUT2D eigenvalue weighted by atomic mass is 127. The Bertz CT molecular complexity index is 692. The number of rotatable bonds is 6. The fourth-order valence-electron chi connectivity index (χ4n) is 2.26. The molecule has 0 aliphatic rings. The normalized spacial score (nSPS) is 10.8. The van der Waals surface area contributed by atoms with Crippen molar-refractivity contribution in [3.8, 4) is 5.75 Å². The van der Waals surface area contributed by atoms with Crippen LogP contribution in [0, 0.1) is 6.92 Å². The van der Waals surface area contributed by atoms with Crippen LogP contribution in [0.15, 0.2) is 41.5 Å². The van der Waals surface area contributed by atoms with Gasteiger partial charge in [-0.3, -0.25) is 4.99 Å². The fraction of sp³-hybridized carbons (Fsp3) is 0.333. The number of hydrogen-bond donors (Lipinski definition) is 2. The summed E-state index contributed by atoms with van der Waals surface area (Å²) in [5.41, 5.74) is 3.40. The van der Waals surface area contributed by atoms with E-state index in [0.717, 1.165) is 41.4 Å². The van der Waals surface area contributed by atoms with Crippen molar-refractivity contribution in [2.75, 3.05) is 20.7 Å². The van der Waals surface area contributed by atoms with Crippen LogP contribution in [0.2, 0.25) is 5.15 Å². The van der Waals surface area contributed by atoms with Gasteiger partial charge in [0, 0.05) is 26.3 Å². The second kappa shape index (κ2) is 11.1. The number of aryl methyl sites for hydroxylation is 1. The van der Waals surface area contributed by atoms with Crippen LogP contribution in [0.25, 0.3) is 0 Å². The van der Waals surface area contributed by atoms with Crippen LogP contribution in [-0.4, -0.2) is 31.6 Å². The Morgan fingerprint density at radius 3 is 2.60 bits per heavy atom. The summed E-state index contributed by atoms with van der Waals surface area (Å²) in [4.78, 5) is 8.31. The summed E-state index contributed by atoms with van der Waals surface area (Å²) in [5.74, 6) is 1.66. The van der Waals surface area contributed by atoms with Crippen LogP contribution < -0.4 is 15.4 Å². The lowest BCUT2D eigenvalue weighted by atomic mass is 10.1. The number of halogens is 2. The maximum Gasteiger partial charge on any atom is 0.191 e. The summed E-state index contributed by atoms with van der Waals surface area (Å²) in [6, 6.07) is 9.95. The maximum atomic E-state index is 5.78. The van der Waals surface area contributed by atoms with Gasteiger partial charge < -0.3 is 15.4 Å². The van der Waals surface area contributed by atoms with Gasteiger partial charge in [0.15, 0.2) is 5.96 Å². The number of nitrogens with zero attached hydrogens (tertiary/aromatic N) is 2. The van der Waals surface area contributed by atoms with Gasteiger partial charge in [0.1, 0.15) is 10.9 Å². The first-order valence-electron chi connectivity index (χ1n) is 7.81. The number of aromatic nitrogens is 1. The molecule has 0 amide bonds. The van der Waals surface area contributed by atoms with Gasteiger partial charge in [-0.05, 0) is 42.2 Å². The van der Waals surface area contributed by atoms with Gasteiger partial charge in [-0.2, -0.15) is 0 Å². The molecule has 7 heteroatoms. The zero-order chi connectivity index (χ0) is 17.4. The molecule has 0 atom stereocenters. The van der Waals surface area contributed by atoms with Gasteiger partial charge in [0.25, 0.3) is 0 Å². The van der Waals surface area contributed by atoms with Crippen LogP contribution in [0.3, 0.4) is 0 Å². The predicted octanol–water partition coefficient (Wildman–Crippen LogP) is 3.58. The van der Waals surface area contributed by atoms with Gasteiger partial charge in [-0.15, -0.1) is 24.0 Å². The molecule has 1 heterocycles. The maximum absolute atomic E-state index is 5.78. The van der Waals surface area contributed by atoms with Gasteiger partial charge in [0.05, 0.1) is 7.11 Å². The van der Waals surface area contributed by atoms with Crippen molar-refractivity contribution in [2.45, 2.75) is 19.9 Å². The Morgan fingerprint density at radius 1 is 1.20 bits per heavy atom. The zero-order valence-electron chi connectivity index (χ0n) is 14.7. The van der Waals surface area contributed by atoms with Gasteiger partial charge in [0.2, 0.25) is 0 Å². The highest BCUT2D eigenvalue weighted by Gasteiger charge is 2.02. The molecule has 0 saturated heterocycles. The Balaban J connectivity index is 0.00000312. The quantitative estimate of drug-likeness (QED) is 0.291. The van der Waals surface area contributed by atoms with E-state index in [1.54, 1.807) is 26.4 Å². The molecule has 2 aromatic rings. The van der Waals surface area contributed by atoms with E-state index in [1.807, 2.05) is 19.1 Å².